The van der Waals surface area contributed by atoms with Crippen molar-refractivity contribution in [3.8, 4) is 0 Å². The zero-order valence-corrected chi connectivity index (χ0v) is 12.8. The van der Waals surface area contributed by atoms with Crippen molar-refractivity contribution >= 4 is 17.3 Å². The standard InChI is InChI=1S/C16H24N4O/c1-3-19-8-9-20(11-12(19)2)16(21)15-10-17-13-6-4-5-7-14(13)18-15/h4-7,12,15,17-18H,3,8-11H2,1-2H3. The molecule has 2 aliphatic rings. The number of hydrogen-bond acceptors (Lipinski definition) is 4. The number of nitrogens with one attached hydrogen (secondary N) is 2. The van der Waals surface area contributed by atoms with Gasteiger partial charge in [0.25, 0.3) is 0 Å². The lowest BCUT2D eigenvalue weighted by Crippen LogP contribution is -2.57. The molecule has 2 aliphatic heterocycles. The highest BCUT2D eigenvalue weighted by atomic mass is 16.2. The van der Waals surface area contributed by atoms with Crippen molar-refractivity contribution in [2.45, 2.75) is 25.9 Å². The third-order valence-electron chi connectivity index (χ3n) is 4.53. The summed E-state index contributed by atoms with van der Waals surface area (Å²) in [4.78, 5) is 17.1. The molecule has 0 spiro atoms. The average molecular weight is 288 g/mol. The minimum atomic E-state index is -0.166. The Hall–Kier alpha value is -1.75. The Balaban J connectivity index is 1.65. The van der Waals surface area contributed by atoms with Crippen LogP contribution >= 0.6 is 0 Å². The zero-order chi connectivity index (χ0) is 14.8. The lowest BCUT2D eigenvalue weighted by molar-refractivity contribution is -0.134. The number of amides is 1. The van der Waals surface area contributed by atoms with Crippen LogP contribution in [0.2, 0.25) is 0 Å². The van der Waals surface area contributed by atoms with E-state index in [9.17, 15) is 4.79 Å². The molecule has 2 atom stereocenters. The minimum Gasteiger partial charge on any atom is -0.381 e. The number of carbonyl (C=O) groups excluding carboxylic acids is 1. The predicted octanol–water partition coefficient (Wildman–Crippen LogP) is 1.45. The van der Waals surface area contributed by atoms with Crippen molar-refractivity contribution in [3.63, 3.8) is 0 Å². The second-order valence-corrected chi connectivity index (χ2v) is 5.89. The number of hydrogen-bond donors (Lipinski definition) is 2. The maximum atomic E-state index is 12.7. The van der Waals surface area contributed by atoms with Crippen LogP contribution in [0.15, 0.2) is 24.3 Å². The summed E-state index contributed by atoms with van der Waals surface area (Å²) < 4.78 is 0. The highest BCUT2D eigenvalue weighted by molar-refractivity contribution is 5.88. The fourth-order valence-electron chi connectivity index (χ4n) is 3.25. The molecule has 114 valence electrons. The van der Waals surface area contributed by atoms with Gasteiger partial charge >= 0.3 is 0 Å². The predicted molar refractivity (Wildman–Crippen MR) is 85.6 cm³/mol. The zero-order valence-electron chi connectivity index (χ0n) is 12.8. The normalized spacial score (nSPS) is 25.7. The molecule has 1 amide bonds. The van der Waals surface area contributed by atoms with E-state index in [1.165, 1.54) is 0 Å². The van der Waals surface area contributed by atoms with Gasteiger partial charge in [-0.3, -0.25) is 9.69 Å². The third-order valence-corrected chi connectivity index (χ3v) is 4.53. The quantitative estimate of drug-likeness (QED) is 0.864. The molecule has 21 heavy (non-hydrogen) atoms. The van der Waals surface area contributed by atoms with Gasteiger partial charge in [-0.05, 0) is 25.6 Å². The first-order chi connectivity index (χ1) is 10.2. The van der Waals surface area contributed by atoms with Crippen LogP contribution in [0.4, 0.5) is 11.4 Å². The number of para-hydroxylation sites is 2. The molecule has 0 aliphatic carbocycles. The fraction of sp³-hybridized carbons (Fsp3) is 0.562. The summed E-state index contributed by atoms with van der Waals surface area (Å²) in [6.45, 7) is 8.71. The molecule has 1 aromatic carbocycles. The molecule has 2 N–H and O–H groups in total. The van der Waals surface area contributed by atoms with E-state index in [0.717, 1.165) is 37.6 Å². The molecule has 0 bridgehead atoms. The van der Waals surface area contributed by atoms with Crippen LogP contribution in [0.3, 0.4) is 0 Å². The van der Waals surface area contributed by atoms with Crippen LogP contribution in [0.1, 0.15) is 13.8 Å². The van der Waals surface area contributed by atoms with E-state index >= 15 is 0 Å². The second-order valence-electron chi connectivity index (χ2n) is 5.89. The molecule has 1 saturated heterocycles. The van der Waals surface area contributed by atoms with Gasteiger partial charge in [-0.25, -0.2) is 0 Å². The topological polar surface area (TPSA) is 47.6 Å². The largest absolute Gasteiger partial charge is 0.381 e. The number of likely N-dealkylation sites (N-methyl/N-ethyl adjacent to an activating group) is 1. The van der Waals surface area contributed by atoms with Crippen molar-refractivity contribution in [3.05, 3.63) is 24.3 Å². The maximum Gasteiger partial charge on any atom is 0.247 e. The molecule has 0 radical (unpaired) electrons. The van der Waals surface area contributed by atoms with Gasteiger partial charge in [0.15, 0.2) is 0 Å². The van der Waals surface area contributed by atoms with Crippen LogP contribution in [0.5, 0.6) is 0 Å². The lowest BCUT2D eigenvalue weighted by Gasteiger charge is -2.41. The van der Waals surface area contributed by atoms with Gasteiger partial charge in [0.1, 0.15) is 6.04 Å². The molecule has 1 aromatic rings. The summed E-state index contributed by atoms with van der Waals surface area (Å²) in [6.07, 6.45) is 0. The summed E-state index contributed by atoms with van der Waals surface area (Å²) in [5.74, 6) is 0.208. The van der Waals surface area contributed by atoms with Crippen molar-refractivity contribution in [1.29, 1.82) is 0 Å². The molecule has 5 nitrogen and oxygen atoms in total. The second kappa shape index (κ2) is 5.93. The Morgan fingerprint density at radius 2 is 2.05 bits per heavy atom. The molecule has 1 fully saturated rings. The van der Waals surface area contributed by atoms with Gasteiger partial charge in [0.2, 0.25) is 5.91 Å². The Labute approximate surface area is 126 Å². The monoisotopic (exact) mass is 288 g/mol. The first-order valence-electron chi connectivity index (χ1n) is 7.81. The van der Waals surface area contributed by atoms with Gasteiger partial charge < -0.3 is 15.5 Å². The van der Waals surface area contributed by atoms with E-state index in [0.29, 0.717) is 12.6 Å². The number of carbonyl (C=O) groups is 1. The molecule has 3 rings (SSSR count). The molecule has 0 saturated carbocycles. The summed E-state index contributed by atoms with van der Waals surface area (Å²) in [5, 5.41) is 6.71. The molecular weight excluding hydrogens is 264 g/mol. The van der Waals surface area contributed by atoms with E-state index in [2.05, 4.69) is 29.4 Å². The Morgan fingerprint density at radius 1 is 1.29 bits per heavy atom. The van der Waals surface area contributed by atoms with E-state index < -0.39 is 0 Å². The first kappa shape index (κ1) is 14.2. The Bertz CT molecular complexity index is 519. The molecule has 2 heterocycles. The van der Waals surface area contributed by atoms with Gasteiger partial charge in [-0.2, -0.15) is 0 Å². The minimum absolute atomic E-state index is 0.166. The summed E-state index contributed by atoms with van der Waals surface area (Å²) in [5.41, 5.74) is 2.09. The highest BCUT2D eigenvalue weighted by Crippen LogP contribution is 2.26. The van der Waals surface area contributed by atoms with E-state index in [-0.39, 0.29) is 11.9 Å². The number of fused-ring (bicyclic) bond motifs is 1. The number of benzene rings is 1. The number of nitrogens with zero attached hydrogens (tertiary/aromatic N) is 2. The van der Waals surface area contributed by atoms with E-state index in [4.69, 9.17) is 0 Å². The van der Waals surface area contributed by atoms with Crippen LogP contribution in [-0.2, 0) is 4.79 Å². The van der Waals surface area contributed by atoms with Gasteiger partial charge in [-0.15, -0.1) is 0 Å². The van der Waals surface area contributed by atoms with Crippen LogP contribution in [0, 0.1) is 0 Å². The average Bonchev–Trinajstić information content (AvgIpc) is 2.53. The van der Waals surface area contributed by atoms with Crippen molar-refractivity contribution in [1.82, 2.24) is 9.80 Å². The van der Waals surface area contributed by atoms with Crippen molar-refractivity contribution in [2.75, 3.05) is 43.4 Å². The van der Waals surface area contributed by atoms with Gasteiger partial charge in [-0.1, -0.05) is 19.1 Å². The SMILES string of the molecule is CCN1CCN(C(=O)C2CNc3ccccc3N2)CC1C. The molecule has 5 heteroatoms. The maximum absolute atomic E-state index is 12.7. The highest BCUT2D eigenvalue weighted by Gasteiger charge is 2.31. The van der Waals surface area contributed by atoms with Crippen LogP contribution in [0.25, 0.3) is 0 Å². The van der Waals surface area contributed by atoms with E-state index in [1.54, 1.807) is 0 Å². The van der Waals surface area contributed by atoms with Gasteiger partial charge in [0, 0.05) is 32.2 Å². The number of rotatable bonds is 2. The van der Waals surface area contributed by atoms with Crippen LogP contribution in [-0.4, -0.2) is 60.5 Å². The third kappa shape index (κ3) is 2.83. The molecule has 2 unspecified atom stereocenters. The number of piperazine rings is 1. The summed E-state index contributed by atoms with van der Waals surface area (Å²) >= 11 is 0. The summed E-state index contributed by atoms with van der Waals surface area (Å²) in [7, 11) is 0. The lowest BCUT2D eigenvalue weighted by atomic mass is 10.1. The molecule has 0 aromatic heterocycles. The molecular formula is C16H24N4O. The Kier molecular flexibility index (Phi) is 4.01. The van der Waals surface area contributed by atoms with Gasteiger partial charge in [0.05, 0.1) is 11.4 Å². The summed E-state index contributed by atoms with van der Waals surface area (Å²) in [6, 6.07) is 8.31. The Morgan fingerprint density at radius 3 is 2.76 bits per heavy atom. The number of anilines is 2. The van der Waals surface area contributed by atoms with Crippen LogP contribution < -0.4 is 10.6 Å². The van der Waals surface area contributed by atoms with E-state index in [1.807, 2.05) is 29.2 Å². The van der Waals surface area contributed by atoms with Crippen molar-refractivity contribution in [2.24, 2.45) is 0 Å². The first-order valence-corrected chi connectivity index (χ1v) is 7.81. The fourth-order valence-corrected chi connectivity index (χ4v) is 3.25. The smallest absolute Gasteiger partial charge is 0.247 e. The van der Waals surface area contributed by atoms with Crippen molar-refractivity contribution < 1.29 is 4.79 Å².